The minimum absolute atomic E-state index is 0.329. The lowest BCUT2D eigenvalue weighted by molar-refractivity contribution is 0.628. The fourth-order valence-electron chi connectivity index (χ4n) is 2.87. The van der Waals surface area contributed by atoms with Gasteiger partial charge in [0.05, 0.1) is 11.4 Å². The number of nitrogen functional groups attached to an aromatic ring is 1. The molecule has 2 N–H and O–H groups in total. The van der Waals surface area contributed by atoms with E-state index in [1.807, 2.05) is 36.8 Å². The number of nitrogens with two attached hydrogens (primary N) is 1. The second kappa shape index (κ2) is 5.16. The summed E-state index contributed by atoms with van der Waals surface area (Å²) in [7, 11) is 1.82. The molecule has 24 heavy (non-hydrogen) atoms. The molecular weight excluding hydrogens is 307 g/mol. The van der Waals surface area contributed by atoms with Gasteiger partial charge in [-0.05, 0) is 30.7 Å². The monoisotopic (exact) mass is 322 g/mol. The van der Waals surface area contributed by atoms with E-state index in [4.69, 9.17) is 5.73 Å². The standard InChI is InChI=1S/C17H15FN6/c1-10-7-24-8-11(5-15(19)17(24)21-10)13-4-3-12(18)6-14(13)16-22-20-9-23(16)2/h3-9H,19H2,1-2H3. The Morgan fingerprint density at radius 2 is 1.96 bits per heavy atom. The molecule has 0 spiro atoms. The molecule has 4 aromatic rings. The van der Waals surface area contributed by atoms with E-state index in [1.165, 1.54) is 12.1 Å². The molecule has 0 saturated carbocycles. The predicted octanol–water partition coefficient (Wildman–Crippen LogP) is 2.83. The summed E-state index contributed by atoms with van der Waals surface area (Å²) in [5.41, 5.74) is 10.6. The van der Waals surface area contributed by atoms with Crippen LogP contribution in [0.25, 0.3) is 28.2 Å². The second-order valence-electron chi connectivity index (χ2n) is 5.75. The van der Waals surface area contributed by atoms with Gasteiger partial charge in [0.1, 0.15) is 12.1 Å². The van der Waals surface area contributed by atoms with Crippen LogP contribution in [0.3, 0.4) is 0 Å². The Bertz CT molecular complexity index is 1060. The third-order valence-corrected chi connectivity index (χ3v) is 3.95. The van der Waals surface area contributed by atoms with Crippen LogP contribution in [0.15, 0.2) is 43.0 Å². The van der Waals surface area contributed by atoms with Crippen molar-refractivity contribution >= 4 is 11.3 Å². The van der Waals surface area contributed by atoms with Crippen LogP contribution in [-0.2, 0) is 7.05 Å². The van der Waals surface area contributed by atoms with Gasteiger partial charge in [-0.15, -0.1) is 10.2 Å². The van der Waals surface area contributed by atoms with Gasteiger partial charge in [0.15, 0.2) is 11.5 Å². The van der Waals surface area contributed by atoms with Crippen LogP contribution in [0.1, 0.15) is 5.69 Å². The van der Waals surface area contributed by atoms with Crippen molar-refractivity contribution in [1.29, 1.82) is 0 Å². The average Bonchev–Trinajstić information content (AvgIpc) is 3.12. The number of aromatic nitrogens is 5. The molecule has 0 unspecified atom stereocenters. The van der Waals surface area contributed by atoms with Crippen LogP contribution in [0.4, 0.5) is 10.1 Å². The van der Waals surface area contributed by atoms with Gasteiger partial charge in [-0.1, -0.05) is 6.07 Å². The number of benzene rings is 1. The van der Waals surface area contributed by atoms with Crippen LogP contribution >= 0.6 is 0 Å². The van der Waals surface area contributed by atoms with Gasteiger partial charge in [-0.25, -0.2) is 9.37 Å². The molecule has 0 aliphatic carbocycles. The number of imidazole rings is 1. The minimum Gasteiger partial charge on any atom is -0.396 e. The van der Waals surface area contributed by atoms with E-state index in [1.54, 1.807) is 17.0 Å². The SMILES string of the molecule is Cc1cn2cc(-c3ccc(F)cc3-c3nncn3C)cc(N)c2n1. The molecule has 0 atom stereocenters. The summed E-state index contributed by atoms with van der Waals surface area (Å²) < 4.78 is 17.5. The Hall–Kier alpha value is -3.22. The molecule has 0 fully saturated rings. The van der Waals surface area contributed by atoms with Crippen molar-refractivity contribution in [2.24, 2.45) is 7.05 Å². The van der Waals surface area contributed by atoms with Crippen molar-refractivity contribution in [3.8, 4) is 22.5 Å². The van der Waals surface area contributed by atoms with Crippen LogP contribution in [0, 0.1) is 12.7 Å². The van der Waals surface area contributed by atoms with Gasteiger partial charge in [0.25, 0.3) is 0 Å². The zero-order valence-electron chi connectivity index (χ0n) is 13.2. The van der Waals surface area contributed by atoms with Gasteiger partial charge in [-0.2, -0.15) is 0 Å². The van der Waals surface area contributed by atoms with E-state index in [9.17, 15) is 4.39 Å². The number of hydrogen-bond acceptors (Lipinski definition) is 4. The Kier molecular flexibility index (Phi) is 3.09. The summed E-state index contributed by atoms with van der Waals surface area (Å²) in [5, 5.41) is 7.98. The first kappa shape index (κ1) is 14.4. The molecule has 0 aliphatic rings. The first-order chi connectivity index (χ1) is 11.5. The van der Waals surface area contributed by atoms with Crippen LogP contribution in [0.5, 0.6) is 0 Å². The zero-order valence-corrected chi connectivity index (χ0v) is 13.2. The zero-order chi connectivity index (χ0) is 16.8. The first-order valence-electron chi connectivity index (χ1n) is 7.42. The average molecular weight is 322 g/mol. The highest BCUT2D eigenvalue weighted by molar-refractivity contribution is 5.83. The topological polar surface area (TPSA) is 74.0 Å². The first-order valence-corrected chi connectivity index (χ1v) is 7.42. The van der Waals surface area contributed by atoms with Crippen LogP contribution in [0.2, 0.25) is 0 Å². The molecule has 1 aromatic carbocycles. The number of rotatable bonds is 2. The molecule has 0 bridgehead atoms. The van der Waals surface area contributed by atoms with E-state index in [0.29, 0.717) is 22.7 Å². The summed E-state index contributed by atoms with van der Waals surface area (Å²) in [6.07, 6.45) is 5.42. The molecule has 0 saturated heterocycles. The van der Waals surface area contributed by atoms with Crippen molar-refractivity contribution < 1.29 is 4.39 Å². The summed E-state index contributed by atoms with van der Waals surface area (Å²) in [4.78, 5) is 4.40. The fourth-order valence-corrected chi connectivity index (χ4v) is 2.87. The van der Waals surface area contributed by atoms with Crippen LogP contribution in [-0.4, -0.2) is 24.1 Å². The molecule has 0 amide bonds. The van der Waals surface area contributed by atoms with Crippen molar-refractivity contribution in [3.05, 3.63) is 54.5 Å². The van der Waals surface area contributed by atoms with Gasteiger partial charge in [-0.3, -0.25) is 0 Å². The lowest BCUT2D eigenvalue weighted by atomic mass is 10.00. The van der Waals surface area contributed by atoms with Gasteiger partial charge in [0.2, 0.25) is 0 Å². The van der Waals surface area contributed by atoms with Gasteiger partial charge in [0, 0.05) is 30.6 Å². The molecule has 0 radical (unpaired) electrons. The van der Waals surface area contributed by atoms with Crippen molar-refractivity contribution in [2.75, 3.05) is 5.73 Å². The Morgan fingerprint density at radius 1 is 1.12 bits per heavy atom. The lowest BCUT2D eigenvalue weighted by Gasteiger charge is -2.11. The number of pyridine rings is 1. The highest BCUT2D eigenvalue weighted by Gasteiger charge is 2.15. The minimum atomic E-state index is -0.329. The van der Waals surface area contributed by atoms with E-state index in [2.05, 4.69) is 15.2 Å². The van der Waals surface area contributed by atoms with E-state index >= 15 is 0 Å². The molecule has 7 heteroatoms. The normalized spacial score (nSPS) is 11.3. The molecule has 120 valence electrons. The number of anilines is 1. The van der Waals surface area contributed by atoms with E-state index < -0.39 is 0 Å². The third-order valence-electron chi connectivity index (χ3n) is 3.95. The lowest BCUT2D eigenvalue weighted by Crippen LogP contribution is -1.98. The Morgan fingerprint density at radius 3 is 2.71 bits per heavy atom. The second-order valence-corrected chi connectivity index (χ2v) is 5.75. The van der Waals surface area contributed by atoms with Crippen molar-refractivity contribution in [3.63, 3.8) is 0 Å². The molecule has 3 heterocycles. The molecule has 3 aromatic heterocycles. The maximum Gasteiger partial charge on any atom is 0.164 e. The smallest absolute Gasteiger partial charge is 0.164 e. The maximum atomic E-state index is 13.8. The number of halogens is 1. The van der Waals surface area contributed by atoms with Crippen molar-refractivity contribution in [1.82, 2.24) is 24.1 Å². The number of fused-ring (bicyclic) bond motifs is 1. The largest absolute Gasteiger partial charge is 0.396 e. The summed E-state index contributed by atoms with van der Waals surface area (Å²) in [5.74, 6) is 0.259. The number of nitrogens with zero attached hydrogens (tertiary/aromatic N) is 5. The number of hydrogen-bond donors (Lipinski definition) is 1. The van der Waals surface area contributed by atoms with E-state index in [0.717, 1.165) is 16.8 Å². The van der Waals surface area contributed by atoms with Crippen molar-refractivity contribution in [2.45, 2.75) is 6.92 Å². The fraction of sp³-hybridized carbons (Fsp3) is 0.118. The predicted molar refractivity (Wildman–Crippen MR) is 89.7 cm³/mol. The van der Waals surface area contributed by atoms with Gasteiger partial charge >= 0.3 is 0 Å². The quantitative estimate of drug-likeness (QED) is 0.616. The molecular formula is C17H15FN6. The summed E-state index contributed by atoms with van der Waals surface area (Å²) in [6.45, 7) is 1.91. The highest BCUT2D eigenvalue weighted by atomic mass is 19.1. The maximum absolute atomic E-state index is 13.8. The number of aryl methyl sites for hydroxylation is 2. The summed E-state index contributed by atoms with van der Waals surface area (Å²) in [6, 6.07) is 6.45. The van der Waals surface area contributed by atoms with E-state index in [-0.39, 0.29) is 5.82 Å². The van der Waals surface area contributed by atoms with Crippen LogP contribution < -0.4 is 5.73 Å². The molecule has 0 aliphatic heterocycles. The summed E-state index contributed by atoms with van der Waals surface area (Å²) >= 11 is 0. The Labute approximate surface area is 137 Å². The third kappa shape index (κ3) is 2.21. The molecule has 6 nitrogen and oxygen atoms in total. The van der Waals surface area contributed by atoms with Gasteiger partial charge < -0.3 is 14.7 Å². The molecule has 4 rings (SSSR count). The highest BCUT2D eigenvalue weighted by Crippen LogP contribution is 2.33. The Balaban J connectivity index is 1.99.